The fraction of sp³-hybridized carbons (Fsp3) is 0.368. The maximum absolute atomic E-state index is 12.1. The summed E-state index contributed by atoms with van der Waals surface area (Å²) < 4.78 is 7.01. The molecule has 1 aliphatic rings. The second-order valence-electron chi connectivity index (χ2n) is 6.64. The van der Waals surface area contributed by atoms with Gasteiger partial charge in [-0.15, -0.1) is 12.4 Å². The summed E-state index contributed by atoms with van der Waals surface area (Å²) in [5.41, 5.74) is 4.08. The van der Waals surface area contributed by atoms with E-state index in [-0.39, 0.29) is 18.3 Å². The fourth-order valence-electron chi connectivity index (χ4n) is 3.09. The Morgan fingerprint density at radius 1 is 1.32 bits per heavy atom. The van der Waals surface area contributed by atoms with E-state index in [9.17, 15) is 4.79 Å². The number of halogens is 1. The van der Waals surface area contributed by atoms with Gasteiger partial charge in [0.15, 0.2) is 0 Å². The molecule has 4 rings (SSSR count). The number of hydrogen-bond donors (Lipinski definition) is 2. The maximum atomic E-state index is 12.1. The number of amides is 1. The Bertz CT molecular complexity index is 911. The van der Waals surface area contributed by atoms with Crippen LogP contribution in [0.1, 0.15) is 29.3 Å². The molecule has 0 spiro atoms. The van der Waals surface area contributed by atoms with Gasteiger partial charge < -0.3 is 15.2 Å². The Morgan fingerprint density at radius 3 is 2.86 bits per heavy atom. The lowest BCUT2D eigenvalue weighted by molar-refractivity contribution is -0.121. The highest BCUT2D eigenvalue weighted by atomic mass is 35.5. The highest BCUT2D eigenvalue weighted by Crippen LogP contribution is 2.16. The molecule has 8 nitrogen and oxygen atoms in total. The minimum Gasteiger partial charge on any atom is -0.352 e. The molecule has 0 aliphatic carbocycles. The smallest absolute Gasteiger partial charge is 0.223 e. The molecule has 3 heterocycles. The molecule has 0 saturated heterocycles. The van der Waals surface area contributed by atoms with Crippen LogP contribution in [0.3, 0.4) is 0 Å². The molecule has 0 bridgehead atoms. The van der Waals surface area contributed by atoms with E-state index < -0.39 is 0 Å². The van der Waals surface area contributed by atoms with Gasteiger partial charge in [-0.25, -0.2) is 0 Å². The van der Waals surface area contributed by atoms with E-state index in [1.165, 1.54) is 5.69 Å². The molecule has 0 fully saturated rings. The van der Waals surface area contributed by atoms with Gasteiger partial charge in [0.1, 0.15) is 0 Å². The summed E-state index contributed by atoms with van der Waals surface area (Å²) in [5.74, 6) is 1.13. The average Bonchev–Trinajstić information content (AvgIpc) is 3.31. The van der Waals surface area contributed by atoms with Crippen LogP contribution in [-0.2, 0) is 30.8 Å². The van der Waals surface area contributed by atoms with Crippen LogP contribution in [-0.4, -0.2) is 32.4 Å². The first kappa shape index (κ1) is 20.0. The number of benzene rings is 1. The van der Waals surface area contributed by atoms with E-state index in [4.69, 9.17) is 4.52 Å². The summed E-state index contributed by atoms with van der Waals surface area (Å²) in [7, 11) is 0. The van der Waals surface area contributed by atoms with Crippen LogP contribution in [0.4, 0.5) is 0 Å². The second kappa shape index (κ2) is 8.99. The molecule has 1 aliphatic heterocycles. The molecule has 148 valence electrons. The Morgan fingerprint density at radius 2 is 2.14 bits per heavy atom. The van der Waals surface area contributed by atoms with Crippen molar-refractivity contribution in [2.24, 2.45) is 0 Å². The van der Waals surface area contributed by atoms with Gasteiger partial charge in [0.05, 0.1) is 17.9 Å². The molecule has 1 amide bonds. The number of nitrogens with one attached hydrogen (secondary N) is 2. The van der Waals surface area contributed by atoms with Crippen molar-refractivity contribution in [1.29, 1.82) is 0 Å². The highest BCUT2D eigenvalue weighted by Gasteiger charge is 2.12. The molecule has 3 aromatic rings. The van der Waals surface area contributed by atoms with Gasteiger partial charge in [0, 0.05) is 45.0 Å². The van der Waals surface area contributed by atoms with Gasteiger partial charge in [-0.05, 0) is 11.6 Å². The predicted molar refractivity (Wildman–Crippen MR) is 106 cm³/mol. The Labute approximate surface area is 169 Å². The largest absolute Gasteiger partial charge is 0.352 e. The number of nitrogens with zero attached hydrogens (tertiary/aromatic N) is 4. The third-order valence-electron chi connectivity index (χ3n) is 4.56. The van der Waals surface area contributed by atoms with E-state index >= 15 is 0 Å². The monoisotopic (exact) mass is 402 g/mol. The maximum Gasteiger partial charge on any atom is 0.223 e. The van der Waals surface area contributed by atoms with Gasteiger partial charge in [0.25, 0.3) is 0 Å². The standard InChI is InChI=1S/C19H22N6O2.ClH/c1-13-22-19(24-27-13)15-4-2-14(3-5-15)11-21-18(26)7-6-16-10-17-12-20-8-9-25(17)23-16;/h2-5,10,20H,6-9,11-12H2,1H3,(H,21,26);1H. The molecular weight excluding hydrogens is 380 g/mol. The first-order valence-corrected chi connectivity index (χ1v) is 9.10. The van der Waals surface area contributed by atoms with E-state index in [1.807, 2.05) is 28.9 Å². The van der Waals surface area contributed by atoms with Gasteiger partial charge in [-0.3, -0.25) is 9.48 Å². The summed E-state index contributed by atoms with van der Waals surface area (Å²) in [4.78, 5) is 16.3. The zero-order valence-corrected chi connectivity index (χ0v) is 16.5. The number of aromatic nitrogens is 4. The van der Waals surface area contributed by atoms with Crippen LogP contribution >= 0.6 is 12.4 Å². The fourth-order valence-corrected chi connectivity index (χ4v) is 3.09. The summed E-state index contributed by atoms with van der Waals surface area (Å²) >= 11 is 0. The lowest BCUT2D eigenvalue weighted by Crippen LogP contribution is -2.28. The van der Waals surface area contributed by atoms with Crippen molar-refractivity contribution in [2.75, 3.05) is 6.54 Å². The Hall–Kier alpha value is -2.71. The summed E-state index contributed by atoms with van der Waals surface area (Å²) in [6.45, 7) is 4.93. The SMILES string of the molecule is Cc1nc(-c2ccc(CNC(=O)CCc3cc4n(n3)CCNC4)cc2)no1.Cl. The third kappa shape index (κ3) is 4.76. The molecule has 2 N–H and O–H groups in total. The number of carbonyl (C=O) groups excluding carboxylic acids is 1. The predicted octanol–water partition coefficient (Wildman–Crippen LogP) is 2.02. The number of aryl methyl sites for hydroxylation is 2. The number of rotatable bonds is 6. The summed E-state index contributed by atoms with van der Waals surface area (Å²) in [5, 5.41) is 14.7. The van der Waals surface area contributed by atoms with Crippen LogP contribution < -0.4 is 10.6 Å². The molecule has 0 atom stereocenters. The van der Waals surface area contributed by atoms with Gasteiger partial charge in [0.2, 0.25) is 17.6 Å². The van der Waals surface area contributed by atoms with E-state index in [2.05, 4.69) is 31.9 Å². The molecule has 28 heavy (non-hydrogen) atoms. The number of fused-ring (bicyclic) bond motifs is 1. The van der Waals surface area contributed by atoms with Crippen LogP contribution in [0, 0.1) is 6.92 Å². The van der Waals surface area contributed by atoms with Crippen LogP contribution in [0.2, 0.25) is 0 Å². The highest BCUT2D eigenvalue weighted by molar-refractivity contribution is 5.85. The molecular formula is C19H23ClN6O2. The molecule has 0 saturated carbocycles. The zero-order valence-electron chi connectivity index (χ0n) is 15.6. The topological polar surface area (TPSA) is 97.9 Å². The first-order valence-electron chi connectivity index (χ1n) is 9.10. The van der Waals surface area contributed by atoms with Crippen molar-refractivity contribution in [1.82, 2.24) is 30.6 Å². The lowest BCUT2D eigenvalue weighted by atomic mass is 10.1. The van der Waals surface area contributed by atoms with Gasteiger partial charge in [-0.1, -0.05) is 29.4 Å². The second-order valence-corrected chi connectivity index (χ2v) is 6.64. The van der Waals surface area contributed by atoms with Crippen molar-refractivity contribution < 1.29 is 9.32 Å². The Balaban J connectivity index is 0.00000225. The van der Waals surface area contributed by atoms with Crippen molar-refractivity contribution in [3.8, 4) is 11.4 Å². The minimum absolute atomic E-state index is 0. The van der Waals surface area contributed by atoms with Crippen LogP contribution in [0.25, 0.3) is 11.4 Å². The third-order valence-corrected chi connectivity index (χ3v) is 4.56. The quantitative estimate of drug-likeness (QED) is 0.654. The average molecular weight is 403 g/mol. The van der Waals surface area contributed by atoms with E-state index in [0.717, 1.165) is 36.5 Å². The lowest BCUT2D eigenvalue weighted by Gasteiger charge is -2.13. The first-order chi connectivity index (χ1) is 13.2. The molecule has 1 aromatic carbocycles. The van der Waals surface area contributed by atoms with Crippen molar-refractivity contribution >= 4 is 18.3 Å². The minimum atomic E-state index is 0. The summed E-state index contributed by atoms with van der Waals surface area (Å²) in [6.07, 6.45) is 1.09. The normalized spacial score (nSPS) is 12.9. The van der Waals surface area contributed by atoms with Gasteiger partial charge >= 0.3 is 0 Å². The summed E-state index contributed by atoms with van der Waals surface area (Å²) in [6, 6.07) is 9.85. The number of hydrogen-bond acceptors (Lipinski definition) is 6. The van der Waals surface area contributed by atoms with Crippen molar-refractivity contribution in [2.45, 2.75) is 39.4 Å². The number of carbonyl (C=O) groups is 1. The molecule has 9 heteroatoms. The zero-order chi connectivity index (χ0) is 18.6. The van der Waals surface area contributed by atoms with E-state index in [1.54, 1.807) is 6.92 Å². The van der Waals surface area contributed by atoms with Crippen molar-refractivity contribution in [3.05, 3.63) is 53.2 Å². The van der Waals surface area contributed by atoms with Gasteiger partial charge in [-0.2, -0.15) is 10.1 Å². The molecule has 0 radical (unpaired) electrons. The van der Waals surface area contributed by atoms with E-state index in [0.29, 0.717) is 31.1 Å². The molecule has 0 unspecified atom stereocenters. The Kier molecular flexibility index (Phi) is 6.43. The molecule has 2 aromatic heterocycles. The van der Waals surface area contributed by atoms with Crippen LogP contribution in [0.15, 0.2) is 34.9 Å². The van der Waals surface area contributed by atoms with Crippen molar-refractivity contribution in [3.63, 3.8) is 0 Å². The van der Waals surface area contributed by atoms with Crippen LogP contribution in [0.5, 0.6) is 0 Å².